The Bertz CT molecular complexity index is 4270. The lowest BCUT2D eigenvalue weighted by atomic mass is 10.0. The number of carbonyl (C=O) groups excluding carboxylic acids is 2. The molecule has 0 atom stereocenters. The fourth-order valence-corrected chi connectivity index (χ4v) is 10.3. The molecule has 13 aromatic rings. The van der Waals surface area contributed by atoms with Crippen LogP contribution in [0.3, 0.4) is 0 Å². The van der Waals surface area contributed by atoms with Crippen LogP contribution < -0.4 is 0 Å². The average molecular weight is 1010 g/mol. The minimum Gasteiger partial charge on any atom is -0.457 e. The molecule has 10 aromatic carbocycles. The monoisotopic (exact) mass is 1010 g/mol. The fourth-order valence-electron chi connectivity index (χ4n) is 10.3. The minimum atomic E-state index is -0.494. The van der Waals surface area contributed by atoms with E-state index in [0.29, 0.717) is 56.4 Å². The normalized spacial score (nSPS) is 11.3. The molecule has 0 aliphatic rings. The summed E-state index contributed by atoms with van der Waals surface area (Å²) in [5.41, 5.74) is 12.4. The van der Waals surface area contributed by atoms with Crippen LogP contribution in [0.1, 0.15) is 31.8 Å². The Morgan fingerprint density at radius 1 is 0.397 bits per heavy atom. The molecule has 0 aliphatic heterocycles. The average Bonchev–Trinajstić information content (AvgIpc) is 4.13. The van der Waals surface area contributed by atoms with Gasteiger partial charge in [0.1, 0.15) is 13.2 Å². The molecule has 0 spiro atoms. The van der Waals surface area contributed by atoms with Crippen LogP contribution in [0, 0.1) is 6.57 Å². The highest BCUT2D eigenvalue weighted by atomic mass is 16.5. The molecule has 78 heavy (non-hydrogen) atoms. The summed E-state index contributed by atoms with van der Waals surface area (Å²) in [6.45, 7) is 8.47. The van der Waals surface area contributed by atoms with Crippen molar-refractivity contribution in [2.24, 2.45) is 0 Å². The number of aromatic nitrogens is 5. The van der Waals surface area contributed by atoms with Crippen LogP contribution in [0.25, 0.3) is 105 Å². The van der Waals surface area contributed by atoms with E-state index in [1.807, 2.05) is 152 Å². The highest BCUT2D eigenvalue weighted by molar-refractivity contribution is 6.14. The SMILES string of the molecule is [C-]#[N+]c1ccc(-n2c3ccc(C(=O)OCc4ccccc4)cc3c3cc(C(=O)OCc4ccccc4)ccc32)c(-c2nc(-c3ccccc3)nc(-n3c4ccc(-c5ccccc5)cc4c4cc(-c5ccccc5)ccc43)n2)c1. The summed E-state index contributed by atoms with van der Waals surface area (Å²) in [6, 6.07) is 78.9. The highest BCUT2D eigenvalue weighted by Gasteiger charge is 2.24. The van der Waals surface area contributed by atoms with Gasteiger partial charge in [-0.05, 0) is 106 Å². The smallest absolute Gasteiger partial charge is 0.338 e. The summed E-state index contributed by atoms with van der Waals surface area (Å²) in [7, 11) is 0. The maximum atomic E-state index is 13.8. The third-order valence-corrected chi connectivity index (χ3v) is 14.1. The fraction of sp³-hybridized carbons (Fsp3) is 0.0294. The van der Waals surface area contributed by atoms with Crippen LogP contribution in [0.4, 0.5) is 5.69 Å². The Kier molecular flexibility index (Phi) is 12.1. The van der Waals surface area contributed by atoms with Gasteiger partial charge in [-0.3, -0.25) is 4.57 Å². The zero-order valence-corrected chi connectivity index (χ0v) is 41.8. The first-order chi connectivity index (χ1) is 38.4. The molecule has 370 valence electrons. The lowest BCUT2D eigenvalue weighted by molar-refractivity contribution is 0.0464. The lowest BCUT2D eigenvalue weighted by Crippen LogP contribution is -2.08. The van der Waals surface area contributed by atoms with E-state index in [2.05, 4.69) is 74.6 Å². The number of hydrogen-bond donors (Lipinski definition) is 0. The van der Waals surface area contributed by atoms with Crippen molar-refractivity contribution in [3.8, 4) is 56.7 Å². The summed E-state index contributed by atoms with van der Waals surface area (Å²) < 4.78 is 15.8. The van der Waals surface area contributed by atoms with Gasteiger partial charge in [-0.15, -0.1) is 0 Å². The van der Waals surface area contributed by atoms with Gasteiger partial charge in [-0.25, -0.2) is 19.4 Å². The van der Waals surface area contributed by atoms with Gasteiger partial charge in [-0.2, -0.15) is 9.97 Å². The number of ether oxygens (including phenoxy) is 2. The van der Waals surface area contributed by atoms with Gasteiger partial charge < -0.3 is 14.0 Å². The summed E-state index contributed by atoms with van der Waals surface area (Å²) in [4.78, 5) is 47.5. The van der Waals surface area contributed by atoms with Gasteiger partial charge in [-0.1, -0.05) is 170 Å². The number of carbonyl (C=O) groups is 2. The standard InChI is InChI=1S/C68H44N6O4/c1-69-53-31-36-63(73-59-34-29-51(66(75)77-42-44-17-7-2-8-18-44)39-56(59)57-40-52(30-35-60(57)73)67(76)78-43-45-19-9-3-10-20-45)58(41-53)65-70-64(48-25-15-6-16-26-48)71-68(72-65)74-61-32-27-49(46-21-11-4-12-22-46)37-54(61)55-38-50(28-33-62(55)74)47-23-13-5-14-24-47/h2-41H,42-43H2. The van der Waals surface area contributed by atoms with Crippen molar-refractivity contribution >= 4 is 61.2 Å². The Morgan fingerprint density at radius 3 is 1.31 bits per heavy atom. The van der Waals surface area contributed by atoms with Crippen LogP contribution in [0.5, 0.6) is 0 Å². The first-order valence-electron chi connectivity index (χ1n) is 25.5. The highest BCUT2D eigenvalue weighted by Crippen LogP contribution is 2.41. The van der Waals surface area contributed by atoms with Crippen molar-refractivity contribution in [2.75, 3.05) is 0 Å². The Balaban J connectivity index is 1.01. The van der Waals surface area contributed by atoms with E-state index in [4.69, 9.17) is 31.0 Å². The van der Waals surface area contributed by atoms with Crippen molar-refractivity contribution in [3.63, 3.8) is 0 Å². The predicted octanol–water partition coefficient (Wildman–Crippen LogP) is 16.0. The molecular formula is C68H44N6O4. The van der Waals surface area contributed by atoms with Gasteiger partial charge in [0.2, 0.25) is 5.95 Å². The molecule has 3 aromatic heterocycles. The van der Waals surface area contributed by atoms with Crippen LogP contribution in [0.15, 0.2) is 243 Å². The van der Waals surface area contributed by atoms with Gasteiger partial charge >= 0.3 is 11.9 Å². The van der Waals surface area contributed by atoms with Gasteiger partial charge in [0.15, 0.2) is 17.3 Å². The Hall–Kier alpha value is -10.8. The quantitative estimate of drug-likeness (QED) is 0.0886. The molecule has 0 fully saturated rings. The zero-order chi connectivity index (χ0) is 52.5. The molecule has 10 nitrogen and oxygen atoms in total. The zero-order valence-electron chi connectivity index (χ0n) is 41.8. The molecular weight excluding hydrogens is 965 g/mol. The molecule has 0 N–H and O–H groups in total. The van der Waals surface area contributed by atoms with Crippen molar-refractivity contribution in [1.29, 1.82) is 0 Å². The molecule has 0 aliphatic carbocycles. The number of fused-ring (bicyclic) bond motifs is 6. The number of esters is 2. The van der Waals surface area contributed by atoms with E-state index in [-0.39, 0.29) is 13.2 Å². The molecule has 3 heterocycles. The van der Waals surface area contributed by atoms with Gasteiger partial charge in [0.05, 0.1) is 45.5 Å². The Labute approximate surface area is 448 Å². The maximum Gasteiger partial charge on any atom is 0.338 e. The summed E-state index contributed by atoms with van der Waals surface area (Å²) in [5.74, 6) is 0.161. The molecule has 0 saturated carbocycles. The van der Waals surface area contributed by atoms with E-state index in [1.54, 1.807) is 30.3 Å². The van der Waals surface area contributed by atoms with Crippen LogP contribution in [-0.2, 0) is 22.7 Å². The summed E-state index contributed by atoms with van der Waals surface area (Å²) in [5, 5.41) is 3.43. The van der Waals surface area contributed by atoms with Crippen LogP contribution in [-0.4, -0.2) is 36.0 Å². The second-order valence-corrected chi connectivity index (χ2v) is 18.9. The molecule has 10 heteroatoms. The van der Waals surface area contributed by atoms with Crippen molar-refractivity contribution in [2.45, 2.75) is 13.2 Å². The van der Waals surface area contributed by atoms with E-state index < -0.39 is 11.9 Å². The topological polar surface area (TPSA) is 105 Å². The molecule has 0 bridgehead atoms. The van der Waals surface area contributed by atoms with Crippen LogP contribution >= 0.6 is 0 Å². The molecule has 0 saturated heterocycles. The van der Waals surface area contributed by atoms with E-state index in [0.717, 1.165) is 71.8 Å². The predicted molar refractivity (Wildman–Crippen MR) is 308 cm³/mol. The van der Waals surface area contributed by atoms with E-state index >= 15 is 0 Å². The first kappa shape index (κ1) is 47.0. The largest absolute Gasteiger partial charge is 0.457 e. The number of nitrogens with zero attached hydrogens (tertiary/aromatic N) is 6. The third-order valence-electron chi connectivity index (χ3n) is 14.1. The summed E-state index contributed by atoms with van der Waals surface area (Å²) >= 11 is 0. The maximum absolute atomic E-state index is 13.8. The van der Waals surface area contributed by atoms with Crippen molar-refractivity contribution in [1.82, 2.24) is 24.1 Å². The number of benzene rings is 10. The van der Waals surface area contributed by atoms with Crippen molar-refractivity contribution in [3.05, 3.63) is 276 Å². The van der Waals surface area contributed by atoms with E-state index in [1.165, 1.54) is 0 Å². The van der Waals surface area contributed by atoms with Gasteiger partial charge in [0.25, 0.3) is 0 Å². The minimum absolute atomic E-state index is 0.102. The first-order valence-corrected chi connectivity index (χ1v) is 25.5. The molecule has 13 rings (SSSR count). The van der Waals surface area contributed by atoms with Gasteiger partial charge in [0, 0.05) is 32.7 Å². The second-order valence-electron chi connectivity index (χ2n) is 18.9. The molecule has 0 unspecified atom stereocenters. The number of rotatable bonds is 12. The van der Waals surface area contributed by atoms with E-state index in [9.17, 15) is 9.59 Å². The van der Waals surface area contributed by atoms with Crippen LogP contribution in [0.2, 0.25) is 0 Å². The number of hydrogen-bond acceptors (Lipinski definition) is 7. The molecule has 0 radical (unpaired) electrons. The molecule has 0 amide bonds. The lowest BCUT2D eigenvalue weighted by Gasteiger charge is -2.16. The second kappa shape index (κ2) is 20.2. The third kappa shape index (κ3) is 8.87. The summed E-state index contributed by atoms with van der Waals surface area (Å²) in [6.07, 6.45) is 0. The Morgan fingerprint density at radius 2 is 0.821 bits per heavy atom. The van der Waals surface area contributed by atoms with Crippen molar-refractivity contribution < 1.29 is 19.1 Å².